The van der Waals surface area contributed by atoms with Crippen LogP contribution < -0.4 is 5.32 Å². The van der Waals surface area contributed by atoms with Crippen LogP contribution in [0.5, 0.6) is 0 Å². The Balaban J connectivity index is 1.74. The summed E-state index contributed by atoms with van der Waals surface area (Å²) >= 11 is 0. The van der Waals surface area contributed by atoms with Gasteiger partial charge in [0.1, 0.15) is 11.6 Å². The quantitative estimate of drug-likeness (QED) is 0.865. The van der Waals surface area contributed by atoms with Crippen LogP contribution in [-0.2, 0) is 14.9 Å². The Morgan fingerprint density at radius 2 is 1.92 bits per heavy atom. The van der Waals surface area contributed by atoms with Crippen molar-refractivity contribution < 1.29 is 23.4 Å². The molecule has 24 heavy (non-hydrogen) atoms. The fourth-order valence-corrected chi connectivity index (χ4v) is 3.66. The number of ether oxygens (including phenoxy) is 1. The summed E-state index contributed by atoms with van der Waals surface area (Å²) in [7, 11) is 0. The molecule has 0 atom stereocenters. The van der Waals surface area contributed by atoms with E-state index < -0.39 is 17.0 Å². The van der Waals surface area contributed by atoms with Crippen LogP contribution in [0.3, 0.4) is 0 Å². The molecule has 2 aliphatic rings. The van der Waals surface area contributed by atoms with Crippen molar-refractivity contribution in [1.29, 1.82) is 0 Å². The van der Waals surface area contributed by atoms with Gasteiger partial charge in [0.15, 0.2) is 0 Å². The number of amides is 1. The van der Waals surface area contributed by atoms with Gasteiger partial charge in [-0.2, -0.15) is 0 Å². The topological polar surface area (TPSA) is 58.6 Å². The van der Waals surface area contributed by atoms with Gasteiger partial charge in [-0.15, -0.1) is 0 Å². The predicted octanol–water partition coefficient (Wildman–Crippen LogP) is 2.29. The Hall–Kier alpha value is -1.53. The molecule has 0 aromatic heterocycles. The number of carbonyl (C=O) groups is 1. The average Bonchev–Trinajstić information content (AvgIpc) is 2.55. The van der Waals surface area contributed by atoms with Gasteiger partial charge in [-0.25, -0.2) is 8.78 Å². The van der Waals surface area contributed by atoms with Crippen molar-refractivity contribution in [2.45, 2.75) is 37.5 Å². The first-order valence-corrected chi connectivity index (χ1v) is 8.44. The van der Waals surface area contributed by atoms with Crippen LogP contribution in [0.15, 0.2) is 18.2 Å². The van der Waals surface area contributed by atoms with Crippen molar-refractivity contribution in [1.82, 2.24) is 5.32 Å². The summed E-state index contributed by atoms with van der Waals surface area (Å²) < 4.78 is 32.7. The minimum Gasteiger partial charge on any atom is -0.396 e. The summed E-state index contributed by atoms with van der Waals surface area (Å²) in [6.07, 6.45) is 3.31. The predicted molar refractivity (Wildman–Crippen MR) is 84.5 cm³/mol. The first-order valence-electron chi connectivity index (χ1n) is 8.44. The second kappa shape index (κ2) is 6.76. The largest absolute Gasteiger partial charge is 0.396 e. The lowest BCUT2D eigenvalue weighted by Crippen LogP contribution is -2.53. The second-order valence-corrected chi connectivity index (χ2v) is 7.01. The normalized spacial score (nSPS) is 21.8. The molecule has 2 N–H and O–H groups in total. The van der Waals surface area contributed by atoms with Gasteiger partial charge in [0, 0.05) is 36.8 Å². The lowest BCUT2D eigenvalue weighted by atomic mass is 9.63. The van der Waals surface area contributed by atoms with Gasteiger partial charge in [0.25, 0.3) is 0 Å². The van der Waals surface area contributed by atoms with E-state index in [0.717, 1.165) is 12.5 Å². The van der Waals surface area contributed by atoms with Crippen LogP contribution in [0, 0.1) is 17.0 Å². The lowest BCUT2D eigenvalue weighted by molar-refractivity contribution is -0.131. The molecule has 6 heteroatoms. The minimum absolute atomic E-state index is 0.0193. The van der Waals surface area contributed by atoms with Gasteiger partial charge >= 0.3 is 0 Å². The molecule has 1 aliphatic carbocycles. The molecule has 0 unspecified atom stereocenters. The fraction of sp³-hybridized carbons (Fsp3) is 0.611. The molecule has 1 aromatic carbocycles. The number of benzene rings is 1. The highest BCUT2D eigenvalue weighted by molar-refractivity contribution is 5.89. The van der Waals surface area contributed by atoms with E-state index in [4.69, 9.17) is 4.74 Å². The van der Waals surface area contributed by atoms with Crippen LogP contribution in [0.4, 0.5) is 8.78 Å². The molecule has 1 heterocycles. The smallest absolute Gasteiger partial charge is 0.230 e. The van der Waals surface area contributed by atoms with E-state index in [9.17, 15) is 18.7 Å². The monoisotopic (exact) mass is 339 g/mol. The Morgan fingerprint density at radius 3 is 2.46 bits per heavy atom. The molecular weight excluding hydrogens is 316 g/mol. The zero-order chi connectivity index (χ0) is 17.2. The fourth-order valence-electron chi connectivity index (χ4n) is 3.66. The van der Waals surface area contributed by atoms with Crippen molar-refractivity contribution in [3.63, 3.8) is 0 Å². The van der Waals surface area contributed by atoms with E-state index in [-0.39, 0.29) is 23.5 Å². The van der Waals surface area contributed by atoms with Crippen LogP contribution in [-0.4, -0.2) is 37.4 Å². The summed E-state index contributed by atoms with van der Waals surface area (Å²) in [5, 5.41) is 12.6. The molecule has 1 saturated carbocycles. The molecular formula is C18H23F2NO3. The Bertz CT molecular complexity index is 610. The number of hydrogen-bond donors (Lipinski definition) is 2. The van der Waals surface area contributed by atoms with E-state index in [1.807, 2.05) is 0 Å². The molecule has 0 spiro atoms. The highest BCUT2D eigenvalue weighted by Gasteiger charge is 2.47. The van der Waals surface area contributed by atoms with Crippen molar-refractivity contribution in [2.24, 2.45) is 5.41 Å². The number of rotatable bonds is 5. The molecule has 0 bridgehead atoms. The number of hydrogen-bond acceptors (Lipinski definition) is 3. The molecule has 1 saturated heterocycles. The first-order chi connectivity index (χ1) is 11.5. The Kier molecular flexibility index (Phi) is 4.88. The Morgan fingerprint density at radius 1 is 1.21 bits per heavy atom. The minimum atomic E-state index is -0.917. The Labute approximate surface area is 140 Å². The van der Waals surface area contributed by atoms with Gasteiger partial charge in [0.05, 0.1) is 12.0 Å². The van der Waals surface area contributed by atoms with Crippen LogP contribution in [0.2, 0.25) is 0 Å². The van der Waals surface area contributed by atoms with Crippen molar-refractivity contribution in [3.05, 3.63) is 35.4 Å². The summed E-state index contributed by atoms with van der Waals surface area (Å²) in [5.41, 5.74) is -1.03. The maximum absolute atomic E-state index is 14.2. The number of aliphatic hydroxyl groups is 1. The van der Waals surface area contributed by atoms with Crippen LogP contribution in [0.25, 0.3) is 0 Å². The van der Waals surface area contributed by atoms with Gasteiger partial charge in [-0.05, 0) is 31.7 Å². The SMILES string of the molecule is O=C(NCC1(CO)CCOCC1)C1(c2ccc(F)cc2F)CCC1. The molecule has 0 radical (unpaired) electrons. The van der Waals surface area contributed by atoms with Gasteiger partial charge in [-0.1, -0.05) is 12.5 Å². The van der Waals surface area contributed by atoms with E-state index >= 15 is 0 Å². The molecule has 1 aliphatic heterocycles. The molecule has 132 valence electrons. The molecule has 2 fully saturated rings. The van der Waals surface area contributed by atoms with Crippen molar-refractivity contribution in [2.75, 3.05) is 26.4 Å². The van der Waals surface area contributed by atoms with E-state index in [1.165, 1.54) is 12.1 Å². The summed E-state index contributed by atoms with van der Waals surface area (Å²) in [6, 6.07) is 3.40. The van der Waals surface area contributed by atoms with E-state index in [0.29, 0.717) is 45.4 Å². The maximum Gasteiger partial charge on any atom is 0.230 e. The summed E-state index contributed by atoms with van der Waals surface area (Å²) in [6.45, 7) is 1.45. The first kappa shape index (κ1) is 17.3. The van der Waals surface area contributed by atoms with Gasteiger partial charge < -0.3 is 15.2 Å². The van der Waals surface area contributed by atoms with Crippen LogP contribution in [0.1, 0.15) is 37.7 Å². The molecule has 1 aromatic rings. The average molecular weight is 339 g/mol. The standard InChI is InChI=1S/C18H23F2NO3/c19-13-2-3-14(15(20)10-13)18(4-1-5-18)16(23)21-11-17(12-22)6-8-24-9-7-17/h2-3,10,22H,1,4-9,11-12H2,(H,21,23). The van der Waals surface area contributed by atoms with E-state index in [2.05, 4.69) is 5.32 Å². The highest BCUT2D eigenvalue weighted by Crippen LogP contribution is 2.45. The zero-order valence-corrected chi connectivity index (χ0v) is 13.6. The summed E-state index contributed by atoms with van der Waals surface area (Å²) in [5.74, 6) is -1.56. The van der Waals surface area contributed by atoms with Crippen molar-refractivity contribution >= 4 is 5.91 Å². The van der Waals surface area contributed by atoms with Crippen LogP contribution >= 0.6 is 0 Å². The number of carbonyl (C=O) groups excluding carboxylic acids is 1. The third-order valence-electron chi connectivity index (χ3n) is 5.60. The van der Waals surface area contributed by atoms with E-state index in [1.54, 1.807) is 0 Å². The molecule has 4 nitrogen and oxygen atoms in total. The number of nitrogens with one attached hydrogen (secondary N) is 1. The number of aliphatic hydroxyl groups excluding tert-OH is 1. The molecule has 1 amide bonds. The zero-order valence-electron chi connectivity index (χ0n) is 13.6. The third-order valence-corrected chi connectivity index (χ3v) is 5.60. The molecule has 3 rings (SSSR count). The highest BCUT2D eigenvalue weighted by atomic mass is 19.1. The number of halogens is 2. The lowest BCUT2D eigenvalue weighted by Gasteiger charge is -2.42. The van der Waals surface area contributed by atoms with Gasteiger partial charge in [-0.3, -0.25) is 4.79 Å². The maximum atomic E-state index is 14.2. The van der Waals surface area contributed by atoms with Crippen molar-refractivity contribution in [3.8, 4) is 0 Å². The second-order valence-electron chi connectivity index (χ2n) is 7.01. The van der Waals surface area contributed by atoms with Gasteiger partial charge in [0.2, 0.25) is 5.91 Å². The third kappa shape index (κ3) is 3.05. The summed E-state index contributed by atoms with van der Waals surface area (Å²) in [4.78, 5) is 12.8.